The van der Waals surface area contributed by atoms with Crippen LogP contribution in [-0.2, 0) is 14.8 Å². The van der Waals surface area contributed by atoms with Crippen molar-refractivity contribution in [1.82, 2.24) is 14.6 Å². The van der Waals surface area contributed by atoms with Crippen molar-refractivity contribution in [2.24, 2.45) is 0 Å². The van der Waals surface area contributed by atoms with Gasteiger partial charge in [0, 0.05) is 19.3 Å². The Kier molecular flexibility index (Phi) is 5.76. The fourth-order valence-electron chi connectivity index (χ4n) is 1.38. The Balaban J connectivity index is 2.92. The smallest absolute Gasteiger partial charge is 0.244 e. The molecular weight excluding hydrogens is 325 g/mol. The zero-order valence-corrected chi connectivity index (χ0v) is 13.6. The maximum atomic E-state index is 12.2. The summed E-state index contributed by atoms with van der Waals surface area (Å²) in [6, 6.07) is 1.13. The van der Waals surface area contributed by atoms with Crippen LogP contribution in [0.15, 0.2) is 17.2 Å². The maximum Gasteiger partial charge on any atom is 0.244 e. The second-order valence-electron chi connectivity index (χ2n) is 4.43. The third-order valence-electron chi connectivity index (χ3n) is 2.30. The van der Waals surface area contributed by atoms with Crippen molar-refractivity contribution in [3.63, 3.8) is 0 Å². The van der Waals surface area contributed by atoms with E-state index in [-0.39, 0.29) is 33.6 Å². The molecule has 1 rings (SSSR count). The van der Waals surface area contributed by atoms with Crippen molar-refractivity contribution in [3.05, 3.63) is 22.4 Å². The molecule has 0 saturated carbocycles. The summed E-state index contributed by atoms with van der Waals surface area (Å²) in [6.07, 6.45) is 1.10. The molecule has 112 valence electrons. The van der Waals surface area contributed by atoms with Crippen LogP contribution in [-0.4, -0.2) is 43.2 Å². The SMILES string of the molecule is CC(C)NC(=O)CN(C)S(=O)(=O)c1cnc(Cl)c(Cl)c1. The van der Waals surface area contributed by atoms with Crippen molar-refractivity contribution in [3.8, 4) is 0 Å². The predicted octanol–water partition coefficient (Wildman–Crippen LogP) is 1.53. The Morgan fingerprint density at radius 2 is 2.05 bits per heavy atom. The van der Waals surface area contributed by atoms with Crippen molar-refractivity contribution >= 4 is 39.1 Å². The fourth-order valence-corrected chi connectivity index (χ4v) is 2.81. The van der Waals surface area contributed by atoms with Crippen molar-refractivity contribution in [1.29, 1.82) is 0 Å². The first-order valence-corrected chi connectivity index (χ1v) is 7.91. The van der Waals surface area contributed by atoms with E-state index in [0.29, 0.717) is 0 Å². The third kappa shape index (κ3) is 4.31. The van der Waals surface area contributed by atoms with Crippen LogP contribution in [0.2, 0.25) is 10.2 Å². The summed E-state index contributed by atoms with van der Waals surface area (Å²) in [6.45, 7) is 3.28. The minimum Gasteiger partial charge on any atom is -0.353 e. The molecule has 0 bridgehead atoms. The lowest BCUT2D eigenvalue weighted by atomic mass is 10.4. The van der Waals surface area contributed by atoms with Gasteiger partial charge in [0.25, 0.3) is 0 Å². The van der Waals surface area contributed by atoms with Crippen LogP contribution < -0.4 is 5.32 Å². The van der Waals surface area contributed by atoms with Crippen molar-refractivity contribution in [2.45, 2.75) is 24.8 Å². The van der Waals surface area contributed by atoms with Crippen LogP contribution in [0.1, 0.15) is 13.8 Å². The maximum absolute atomic E-state index is 12.2. The molecule has 1 aromatic heterocycles. The molecule has 20 heavy (non-hydrogen) atoms. The number of amides is 1. The number of pyridine rings is 1. The number of hydrogen-bond donors (Lipinski definition) is 1. The molecule has 0 saturated heterocycles. The largest absolute Gasteiger partial charge is 0.353 e. The van der Waals surface area contributed by atoms with Gasteiger partial charge in [-0.05, 0) is 19.9 Å². The summed E-state index contributed by atoms with van der Waals surface area (Å²) >= 11 is 11.4. The number of sulfonamides is 1. The number of aromatic nitrogens is 1. The molecule has 0 fully saturated rings. The average Bonchev–Trinajstić information content (AvgIpc) is 2.31. The molecule has 0 aliphatic rings. The molecule has 0 unspecified atom stereocenters. The number of nitrogens with zero attached hydrogens (tertiary/aromatic N) is 2. The summed E-state index contributed by atoms with van der Waals surface area (Å²) in [5.74, 6) is -0.390. The van der Waals surface area contributed by atoms with E-state index in [4.69, 9.17) is 23.2 Å². The van der Waals surface area contributed by atoms with E-state index in [1.807, 2.05) is 0 Å². The molecule has 0 aliphatic carbocycles. The van der Waals surface area contributed by atoms with Crippen LogP contribution in [0.4, 0.5) is 0 Å². The van der Waals surface area contributed by atoms with E-state index >= 15 is 0 Å². The molecule has 0 spiro atoms. The number of carbonyl (C=O) groups is 1. The van der Waals surface area contributed by atoms with Gasteiger partial charge in [-0.1, -0.05) is 23.2 Å². The Labute approximate surface area is 128 Å². The normalized spacial score (nSPS) is 11.9. The second kappa shape index (κ2) is 6.71. The molecule has 9 heteroatoms. The molecular formula is C11H15Cl2N3O3S. The quantitative estimate of drug-likeness (QED) is 0.825. The summed E-state index contributed by atoms with van der Waals surface area (Å²) < 4.78 is 25.4. The topological polar surface area (TPSA) is 79.4 Å². The zero-order valence-electron chi connectivity index (χ0n) is 11.2. The second-order valence-corrected chi connectivity index (χ2v) is 7.24. The lowest BCUT2D eigenvalue weighted by Crippen LogP contribution is -2.40. The zero-order chi connectivity index (χ0) is 15.5. The molecule has 1 heterocycles. The van der Waals surface area contributed by atoms with Gasteiger partial charge in [-0.15, -0.1) is 0 Å². The Morgan fingerprint density at radius 3 is 2.55 bits per heavy atom. The van der Waals surface area contributed by atoms with Crippen LogP contribution in [0.25, 0.3) is 0 Å². The fraction of sp³-hybridized carbons (Fsp3) is 0.455. The average molecular weight is 340 g/mol. The van der Waals surface area contributed by atoms with E-state index in [9.17, 15) is 13.2 Å². The highest BCUT2D eigenvalue weighted by Gasteiger charge is 2.24. The summed E-state index contributed by atoms with van der Waals surface area (Å²) in [5, 5.41) is 2.66. The van der Waals surface area contributed by atoms with Gasteiger partial charge in [-0.2, -0.15) is 4.31 Å². The molecule has 6 nitrogen and oxygen atoms in total. The summed E-state index contributed by atoms with van der Waals surface area (Å²) in [5.41, 5.74) is 0. The number of likely N-dealkylation sites (N-methyl/N-ethyl adjacent to an activating group) is 1. The van der Waals surface area contributed by atoms with Gasteiger partial charge in [-0.3, -0.25) is 4.79 Å². The molecule has 0 atom stereocenters. The number of carbonyl (C=O) groups excluding carboxylic acids is 1. The standard InChI is InChI=1S/C11H15Cl2N3O3S/c1-7(2)15-10(17)6-16(3)20(18,19)8-4-9(12)11(13)14-5-8/h4-5,7H,6H2,1-3H3,(H,15,17). The lowest BCUT2D eigenvalue weighted by molar-refractivity contribution is -0.121. The number of nitrogens with one attached hydrogen (secondary N) is 1. The van der Waals surface area contributed by atoms with E-state index in [2.05, 4.69) is 10.3 Å². The van der Waals surface area contributed by atoms with Crippen LogP contribution in [0, 0.1) is 0 Å². The highest BCUT2D eigenvalue weighted by atomic mass is 35.5. The first-order chi connectivity index (χ1) is 9.14. The van der Waals surface area contributed by atoms with Gasteiger partial charge >= 0.3 is 0 Å². The Hall–Kier alpha value is -0.890. The molecule has 0 aliphatic heterocycles. The van der Waals surface area contributed by atoms with Gasteiger partial charge in [-0.25, -0.2) is 13.4 Å². The number of hydrogen-bond acceptors (Lipinski definition) is 4. The molecule has 1 amide bonds. The number of halogens is 2. The minimum atomic E-state index is -3.84. The number of rotatable bonds is 5. The summed E-state index contributed by atoms with van der Waals surface area (Å²) in [4.78, 5) is 15.1. The molecule has 1 N–H and O–H groups in total. The highest BCUT2D eigenvalue weighted by molar-refractivity contribution is 7.89. The van der Waals surface area contributed by atoms with Gasteiger partial charge in [0.1, 0.15) is 10.0 Å². The van der Waals surface area contributed by atoms with Gasteiger partial charge in [0.05, 0.1) is 11.6 Å². The van der Waals surface area contributed by atoms with Gasteiger partial charge < -0.3 is 5.32 Å². The van der Waals surface area contributed by atoms with Crippen LogP contribution >= 0.6 is 23.2 Å². The van der Waals surface area contributed by atoms with E-state index in [1.54, 1.807) is 13.8 Å². The minimum absolute atomic E-state index is 0.0193. The van der Waals surface area contributed by atoms with E-state index in [0.717, 1.165) is 10.5 Å². The van der Waals surface area contributed by atoms with Crippen molar-refractivity contribution < 1.29 is 13.2 Å². The first kappa shape index (κ1) is 17.2. The van der Waals surface area contributed by atoms with Crippen LogP contribution in [0.5, 0.6) is 0 Å². The summed E-state index contributed by atoms with van der Waals surface area (Å²) in [7, 11) is -2.54. The van der Waals surface area contributed by atoms with Crippen LogP contribution in [0.3, 0.4) is 0 Å². The van der Waals surface area contributed by atoms with Crippen molar-refractivity contribution in [2.75, 3.05) is 13.6 Å². The molecule has 0 radical (unpaired) electrons. The lowest BCUT2D eigenvalue weighted by Gasteiger charge is -2.17. The Morgan fingerprint density at radius 1 is 1.45 bits per heavy atom. The van der Waals surface area contributed by atoms with E-state index in [1.165, 1.54) is 13.1 Å². The highest BCUT2D eigenvalue weighted by Crippen LogP contribution is 2.23. The van der Waals surface area contributed by atoms with Gasteiger partial charge in [0.2, 0.25) is 15.9 Å². The predicted molar refractivity (Wildman–Crippen MR) is 77.4 cm³/mol. The van der Waals surface area contributed by atoms with Gasteiger partial charge in [0.15, 0.2) is 0 Å². The first-order valence-electron chi connectivity index (χ1n) is 5.71. The van der Waals surface area contributed by atoms with E-state index < -0.39 is 10.0 Å². The third-order valence-corrected chi connectivity index (χ3v) is 4.75. The monoisotopic (exact) mass is 339 g/mol. The Bertz CT molecular complexity index is 605. The molecule has 1 aromatic rings. The molecule has 0 aromatic carbocycles.